The standard InChI is InChI=1S/C11H19NO/c1-9(12-13)11-6-2-4-10(8-11)5-3-7-11/h10,13H,2-8H2,1H3. The van der Waals surface area contributed by atoms with Gasteiger partial charge in [0.15, 0.2) is 0 Å². The van der Waals surface area contributed by atoms with E-state index in [1.54, 1.807) is 0 Å². The Bertz CT molecular complexity index is 212. The molecule has 0 amide bonds. The van der Waals surface area contributed by atoms with Gasteiger partial charge in [-0.05, 0) is 32.1 Å². The summed E-state index contributed by atoms with van der Waals surface area (Å²) in [5, 5.41) is 12.3. The van der Waals surface area contributed by atoms with Crippen LogP contribution in [0.3, 0.4) is 0 Å². The lowest BCUT2D eigenvalue weighted by atomic mass is 9.60. The van der Waals surface area contributed by atoms with E-state index < -0.39 is 0 Å². The first kappa shape index (κ1) is 9.04. The number of rotatable bonds is 1. The molecule has 2 heteroatoms. The van der Waals surface area contributed by atoms with Crippen LogP contribution < -0.4 is 0 Å². The van der Waals surface area contributed by atoms with Crippen molar-refractivity contribution in [3.63, 3.8) is 0 Å². The van der Waals surface area contributed by atoms with Gasteiger partial charge in [0.25, 0.3) is 0 Å². The van der Waals surface area contributed by atoms with Crippen molar-refractivity contribution in [3.8, 4) is 0 Å². The second-order valence-corrected chi connectivity index (χ2v) is 4.82. The summed E-state index contributed by atoms with van der Waals surface area (Å²) in [5.41, 5.74) is 1.27. The van der Waals surface area contributed by atoms with Crippen LogP contribution in [-0.2, 0) is 0 Å². The molecule has 0 aliphatic heterocycles. The van der Waals surface area contributed by atoms with Crippen LogP contribution in [0.15, 0.2) is 5.16 Å². The Balaban J connectivity index is 2.19. The van der Waals surface area contributed by atoms with E-state index >= 15 is 0 Å². The molecule has 2 aliphatic rings. The van der Waals surface area contributed by atoms with Crippen molar-refractivity contribution in [2.75, 3.05) is 0 Å². The van der Waals surface area contributed by atoms with Gasteiger partial charge in [0.2, 0.25) is 0 Å². The molecule has 2 aliphatic carbocycles. The quantitative estimate of drug-likeness (QED) is 0.376. The fraction of sp³-hybridized carbons (Fsp3) is 0.909. The van der Waals surface area contributed by atoms with Crippen molar-refractivity contribution >= 4 is 5.71 Å². The minimum Gasteiger partial charge on any atom is -0.411 e. The summed E-state index contributed by atoms with van der Waals surface area (Å²) < 4.78 is 0. The molecule has 2 bridgehead atoms. The zero-order valence-electron chi connectivity index (χ0n) is 8.42. The number of hydrogen-bond acceptors (Lipinski definition) is 2. The molecule has 0 radical (unpaired) electrons. The van der Waals surface area contributed by atoms with Gasteiger partial charge in [-0.25, -0.2) is 0 Å². The molecule has 2 fully saturated rings. The molecule has 13 heavy (non-hydrogen) atoms. The van der Waals surface area contributed by atoms with Crippen molar-refractivity contribution in [1.29, 1.82) is 0 Å². The normalized spacial score (nSPS) is 40.4. The maximum atomic E-state index is 8.88. The van der Waals surface area contributed by atoms with Crippen LogP contribution in [0.2, 0.25) is 0 Å². The van der Waals surface area contributed by atoms with Crippen molar-refractivity contribution in [1.82, 2.24) is 0 Å². The molecule has 2 rings (SSSR count). The average Bonchev–Trinajstić information content (AvgIpc) is 2.17. The molecule has 0 aromatic rings. The van der Waals surface area contributed by atoms with Crippen LogP contribution in [0, 0.1) is 11.3 Å². The number of nitrogens with zero attached hydrogens (tertiary/aromatic N) is 1. The van der Waals surface area contributed by atoms with Gasteiger partial charge in [0, 0.05) is 5.41 Å². The van der Waals surface area contributed by atoms with Crippen LogP contribution in [0.25, 0.3) is 0 Å². The molecule has 0 aromatic heterocycles. The van der Waals surface area contributed by atoms with E-state index in [1.165, 1.54) is 44.9 Å². The lowest BCUT2D eigenvalue weighted by Crippen LogP contribution is -2.38. The van der Waals surface area contributed by atoms with Gasteiger partial charge in [-0.3, -0.25) is 0 Å². The zero-order chi connectivity index (χ0) is 9.31. The molecule has 0 unspecified atom stereocenters. The second kappa shape index (κ2) is 3.32. The molecular formula is C11H19NO. The van der Waals surface area contributed by atoms with Gasteiger partial charge >= 0.3 is 0 Å². The first-order chi connectivity index (χ1) is 6.27. The predicted molar refractivity (Wildman–Crippen MR) is 53.1 cm³/mol. The molecule has 0 heterocycles. The molecule has 74 valence electrons. The third kappa shape index (κ3) is 1.47. The summed E-state index contributed by atoms with van der Waals surface area (Å²) in [6, 6.07) is 0. The van der Waals surface area contributed by atoms with Gasteiger partial charge in [-0.1, -0.05) is 30.8 Å². The molecule has 0 atom stereocenters. The fourth-order valence-electron chi connectivity index (χ4n) is 3.30. The van der Waals surface area contributed by atoms with E-state index in [-0.39, 0.29) is 5.41 Å². The van der Waals surface area contributed by atoms with Gasteiger partial charge < -0.3 is 5.21 Å². The van der Waals surface area contributed by atoms with Crippen LogP contribution in [0.1, 0.15) is 51.9 Å². The predicted octanol–water partition coefficient (Wildman–Crippen LogP) is 3.20. The molecule has 2 nitrogen and oxygen atoms in total. The summed E-state index contributed by atoms with van der Waals surface area (Å²) in [6.45, 7) is 1.99. The smallest absolute Gasteiger partial charge is 0.0601 e. The number of hydrogen-bond donors (Lipinski definition) is 1. The van der Waals surface area contributed by atoms with E-state index in [9.17, 15) is 0 Å². The third-order valence-electron chi connectivity index (χ3n) is 4.13. The van der Waals surface area contributed by atoms with Crippen LogP contribution in [-0.4, -0.2) is 10.9 Å². The monoisotopic (exact) mass is 181 g/mol. The molecule has 0 aromatic carbocycles. The largest absolute Gasteiger partial charge is 0.411 e. The SMILES string of the molecule is CC(=NO)C12CCCC(CCC1)C2. The van der Waals surface area contributed by atoms with Gasteiger partial charge in [0.05, 0.1) is 5.71 Å². The summed E-state index contributed by atoms with van der Waals surface area (Å²) in [6.07, 6.45) is 9.25. The van der Waals surface area contributed by atoms with Crippen molar-refractivity contribution in [3.05, 3.63) is 0 Å². The Morgan fingerprint density at radius 3 is 2.46 bits per heavy atom. The molecule has 2 saturated carbocycles. The van der Waals surface area contributed by atoms with E-state index in [1.807, 2.05) is 6.92 Å². The first-order valence-corrected chi connectivity index (χ1v) is 5.46. The summed E-state index contributed by atoms with van der Waals surface area (Å²) in [7, 11) is 0. The second-order valence-electron chi connectivity index (χ2n) is 4.82. The Morgan fingerprint density at radius 1 is 1.31 bits per heavy atom. The molecule has 0 saturated heterocycles. The van der Waals surface area contributed by atoms with Gasteiger partial charge in [-0.15, -0.1) is 0 Å². The van der Waals surface area contributed by atoms with E-state index in [0.29, 0.717) is 0 Å². The summed E-state index contributed by atoms with van der Waals surface area (Å²) in [5.74, 6) is 0.916. The minimum atomic E-state index is 0.288. The zero-order valence-corrected chi connectivity index (χ0v) is 8.42. The maximum Gasteiger partial charge on any atom is 0.0601 e. The maximum absolute atomic E-state index is 8.88. The first-order valence-electron chi connectivity index (χ1n) is 5.46. The fourth-order valence-corrected chi connectivity index (χ4v) is 3.30. The molecule has 1 N–H and O–H groups in total. The highest BCUT2D eigenvalue weighted by atomic mass is 16.4. The summed E-state index contributed by atoms with van der Waals surface area (Å²) >= 11 is 0. The van der Waals surface area contributed by atoms with Crippen LogP contribution in [0.4, 0.5) is 0 Å². The Morgan fingerprint density at radius 2 is 1.92 bits per heavy atom. The van der Waals surface area contributed by atoms with Crippen molar-refractivity contribution in [2.45, 2.75) is 51.9 Å². The average molecular weight is 181 g/mol. The molecular weight excluding hydrogens is 162 g/mol. The van der Waals surface area contributed by atoms with Crippen molar-refractivity contribution in [2.24, 2.45) is 16.5 Å². The Kier molecular flexibility index (Phi) is 2.31. The van der Waals surface area contributed by atoms with Gasteiger partial charge in [0.1, 0.15) is 0 Å². The lowest BCUT2D eigenvalue weighted by molar-refractivity contribution is 0.136. The van der Waals surface area contributed by atoms with E-state index in [2.05, 4.69) is 5.16 Å². The highest BCUT2D eigenvalue weighted by Gasteiger charge is 2.41. The van der Waals surface area contributed by atoms with Crippen LogP contribution >= 0.6 is 0 Å². The lowest BCUT2D eigenvalue weighted by Gasteiger charge is -2.44. The minimum absolute atomic E-state index is 0.288. The highest BCUT2D eigenvalue weighted by Crippen LogP contribution is 2.49. The van der Waals surface area contributed by atoms with E-state index in [4.69, 9.17) is 5.21 Å². The third-order valence-corrected chi connectivity index (χ3v) is 4.13. The Labute approximate surface area is 80.0 Å². The van der Waals surface area contributed by atoms with E-state index in [0.717, 1.165) is 11.6 Å². The number of oxime groups is 1. The topological polar surface area (TPSA) is 32.6 Å². The highest BCUT2D eigenvalue weighted by molar-refractivity contribution is 5.87. The van der Waals surface area contributed by atoms with Crippen LogP contribution in [0.5, 0.6) is 0 Å². The molecule has 0 spiro atoms. The van der Waals surface area contributed by atoms with Gasteiger partial charge in [-0.2, -0.15) is 0 Å². The summed E-state index contributed by atoms with van der Waals surface area (Å²) in [4.78, 5) is 0. The Hall–Kier alpha value is -0.530. The number of fused-ring (bicyclic) bond motifs is 2. The van der Waals surface area contributed by atoms with Crippen molar-refractivity contribution < 1.29 is 5.21 Å².